The Balaban J connectivity index is 0.967. The van der Waals surface area contributed by atoms with Gasteiger partial charge in [0, 0.05) is 55.6 Å². The van der Waals surface area contributed by atoms with Gasteiger partial charge in [-0.25, -0.2) is 0 Å². The van der Waals surface area contributed by atoms with Gasteiger partial charge in [0.05, 0.1) is 16.7 Å². The van der Waals surface area contributed by atoms with Crippen molar-refractivity contribution in [2.75, 3.05) is 4.90 Å². The lowest BCUT2D eigenvalue weighted by molar-refractivity contribution is 0.672. The third-order valence-corrected chi connectivity index (χ3v) is 13.0. The van der Waals surface area contributed by atoms with E-state index in [0.717, 1.165) is 72.3 Å². The van der Waals surface area contributed by atoms with Crippen molar-refractivity contribution in [3.05, 3.63) is 231 Å². The van der Waals surface area contributed by atoms with E-state index >= 15 is 0 Å². The number of nitrogens with zero attached hydrogens (tertiary/aromatic N) is 2. The molecule has 0 saturated carbocycles. The third-order valence-electron chi connectivity index (χ3n) is 13.0. The third kappa shape index (κ3) is 5.67. The molecule has 3 nitrogen and oxygen atoms in total. The number of para-hydroxylation sites is 3. The molecule has 0 unspecified atom stereocenters. The van der Waals surface area contributed by atoms with Crippen LogP contribution in [-0.2, 0) is 0 Å². The first-order valence-corrected chi connectivity index (χ1v) is 21.6. The zero-order valence-corrected chi connectivity index (χ0v) is 34.2. The molecule has 0 aliphatic rings. The molecule has 3 heteroatoms. The van der Waals surface area contributed by atoms with Crippen LogP contribution in [0.2, 0.25) is 0 Å². The summed E-state index contributed by atoms with van der Waals surface area (Å²) in [7, 11) is 0. The molecule has 0 bridgehead atoms. The zero-order chi connectivity index (χ0) is 41.4. The fraction of sp³-hybridized carbons (Fsp3) is 0. The van der Waals surface area contributed by atoms with E-state index in [2.05, 4.69) is 240 Å². The van der Waals surface area contributed by atoms with Crippen LogP contribution < -0.4 is 4.90 Å². The van der Waals surface area contributed by atoms with Crippen molar-refractivity contribution in [2.24, 2.45) is 0 Å². The summed E-state index contributed by atoms with van der Waals surface area (Å²) in [5.41, 5.74) is 13.1. The van der Waals surface area contributed by atoms with Crippen molar-refractivity contribution in [3.63, 3.8) is 0 Å². The average molecular weight is 803 g/mol. The molecular formula is C60H38N2O. The Labute approximate surface area is 363 Å². The van der Waals surface area contributed by atoms with E-state index in [1.165, 1.54) is 48.7 Å². The highest BCUT2D eigenvalue weighted by atomic mass is 16.3. The van der Waals surface area contributed by atoms with Crippen LogP contribution in [0.1, 0.15) is 0 Å². The van der Waals surface area contributed by atoms with Crippen LogP contribution in [0.25, 0.3) is 104 Å². The van der Waals surface area contributed by atoms with Gasteiger partial charge in [-0.05, 0) is 110 Å². The quantitative estimate of drug-likeness (QED) is 0.156. The molecule has 0 N–H and O–H groups in total. The van der Waals surface area contributed by atoms with Crippen LogP contribution in [-0.4, -0.2) is 4.57 Å². The molecule has 0 atom stereocenters. The fourth-order valence-corrected chi connectivity index (χ4v) is 9.97. The molecule has 11 aromatic carbocycles. The summed E-state index contributed by atoms with van der Waals surface area (Å²) in [6.45, 7) is 0. The molecule has 2 aromatic heterocycles. The number of hydrogen-bond acceptors (Lipinski definition) is 2. The first-order chi connectivity index (χ1) is 31.2. The van der Waals surface area contributed by atoms with Gasteiger partial charge in [-0.2, -0.15) is 0 Å². The molecule has 0 radical (unpaired) electrons. The maximum Gasteiger partial charge on any atom is 0.143 e. The van der Waals surface area contributed by atoms with E-state index in [0.29, 0.717) is 0 Å². The van der Waals surface area contributed by atoms with Crippen molar-refractivity contribution < 1.29 is 4.42 Å². The first kappa shape index (κ1) is 35.4. The lowest BCUT2D eigenvalue weighted by atomic mass is 9.95. The minimum Gasteiger partial charge on any atom is -0.455 e. The van der Waals surface area contributed by atoms with Crippen molar-refractivity contribution in [1.29, 1.82) is 0 Å². The molecule has 13 aromatic rings. The second kappa shape index (κ2) is 14.1. The molecule has 0 amide bonds. The van der Waals surface area contributed by atoms with E-state index in [-0.39, 0.29) is 0 Å². The number of hydrogen-bond donors (Lipinski definition) is 0. The highest BCUT2D eigenvalue weighted by molar-refractivity contribution is 6.16. The van der Waals surface area contributed by atoms with Crippen LogP contribution in [0.4, 0.5) is 17.1 Å². The number of furan rings is 1. The highest BCUT2D eigenvalue weighted by Crippen LogP contribution is 2.45. The summed E-state index contributed by atoms with van der Waals surface area (Å²) in [5.74, 6) is 0. The van der Waals surface area contributed by atoms with Crippen molar-refractivity contribution in [2.45, 2.75) is 0 Å². The van der Waals surface area contributed by atoms with Gasteiger partial charge in [-0.3, -0.25) is 0 Å². The van der Waals surface area contributed by atoms with Gasteiger partial charge in [-0.1, -0.05) is 158 Å². The summed E-state index contributed by atoms with van der Waals surface area (Å²) in [6.07, 6.45) is 0. The average Bonchev–Trinajstić information content (AvgIpc) is 3.90. The largest absolute Gasteiger partial charge is 0.455 e. The minimum atomic E-state index is 0.858. The van der Waals surface area contributed by atoms with Gasteiger partial charge in [0.15, 0.2) is 0 Å². The van der Waals surface area contributed by atoms with Gasteiger partial charge in [0.2, 0.25) is 0 Å². The predicted octanol–water partition coefficient (Wildman–Crippen LogP) is 16.9. The number of fused-ring (bicyclic) bond motifs is 11. The molecule has 0 aliphatic heterocycles. The minimum absolute atomic E-state index is 0.858. The smallest absolute Gasteiger partial charge is 0.143 e. The normalized spacial score (nSPS) is 11.8. The van der Waals surface area contributed by atoms with Gasteiger partial charge < -0.3 is 13.9 Å². The molecule has 0 saturated heterocycles. The van der Waals surface area contributed by atoms with Gasteiger partial charge in [-0.15, -0.1) is 0 Å². The summed E-state index contributed by atoms with van der Waals surface area (Å²) in [6, 6.07) is 83.5. The SMILES string of the molecule is c1cc(-c2ccc(N(c3ccc4c(c3)oc3c5ccccc5ccc43)c3ccccc3-c3ccc4ccc5ccccc5c4c3)cc2)cc(-n2c3ccccc3c3ccccc32)c1. The number of anilines is 3. The Bertz CT molecular complexity index is 3870. The molecular weight excluding hydrogens is 765 g/mol. The second-order valence-corrected chi connectivity index (χ2v) is 16.5. The number of rotatable bonds is 6. The number of aromatic nitrogens is 1. The molecule has 0 fully saturated rings. The summed E-state index contributed by atoms with van der Waals surface area (Å²) < 4.78 is 9.16. The van der Waals surface area contributed by atoms with E-state index in [1.54, 1.807) is 0 Å². The molecule has 2 heterocycles. The standard InChI is InChI=1S/C60H38N2O/c1-3-16-48-40(12-1)24-25-42-26-27-44(37-55(42)48)49-17-5-8-21-56(49)61(47-33-35-53-54-34-30-41-13-2-4-18-50(41)60(54)63-59(53)38-47)45-31-28-39(29-32-45)43-14-11-15-46(36-43)62-57-22-9-6-19-51(57)52-20-7-10-23-58(52)62/h1-38H. The summed E-state index contributed by atoms with van der Waals surface area (Å²) in [5, 5.41) is 12.0. The van der Waals surface area contributed by atoms with Crippen LogP contribution in [0.15, 0.2) is 235 Å². The van der Waals surface area contributed by atoms with E-state index in [4.69, 9.17) is 4.42 Å². The Hall–Kier alpha value is -8.40. The molecule has 294 valence electrons. The molecule has 0 spiro atoms. The topological polar surface area (TPSA) is 21.3 Å². The van der Waals surface area contributed by atoms with E-state index in [9.17, 15) is 0 Å². The maximum absolute atomic E-state index is 6.78. The van der Waals surface area contributed by atoms with Crippen LogP contribution in [0.3, 0.4) is 0 Å². The van der Waals surface area contributed by atoms with Crippen molar-refractivity contribution in [3.8, 4) is 27.9 Å². The Morgan fingerprint density at radius 2 is 0.921 bits per heavy atom. The molecule has 0 aliphatic carbocycles. The van der Waals surface area contributed by atoms with E-state index < -0.39 is 0 Å². The van der Waals surface area contributed by atoms with Gasteiger partial charge >= 0.3 is 0 Å². The maximum atomic E-state index is 6.78. The monoisotopic (exact) mass is 802 g/mol. The van der Waals surface area contributed by atoms with E-state index in [1.807, 2.05) is 0 Å². The van der Waals surface area contributed by atoms with Crippen molar-refractivity contribution >= 4 is 93.1 Å². The Kier molecular flexibility index (Phi) is 7.91. The van der Waals surface area contributed by atoms with Crippen LogP contribution in [0, 0.1) is 0 Å². The van der Waals surface area contributed by atoms with Crippen LogP contribution >= 0.6 is 0 Å². The second-order valence-electron chi connectivity index (χ2n) is 16.5. The summed E-state index contributed by atoms with van der Waals surface area (Å²) >= 11 is 0. The lowest BCUT2D eigenvalue weighted by Gasteiger charge is -2.28. The fourth-order valence-electron chi connectivity index (χ4n) is 9.97. The van der Waals surface area contributed by atoms with Gasteiger partial charge in [0.25, 0.3) is 0 Å². The summed E-state index contributed by atoms with van der Waals surface area (Å²) in [4.78, 5) is 2.38. The first-order valence-electron chi connectivity index (χ1n) is 21.6. The predicted molar refractivity (Wildman–Crippen MR) is 266 cm³/mol. The lowest BCUT2D eigenvalue weighted by Crippen LogP contribution is -2.11. The molecule has 13 rings (SSSR count). The number of benzene rings is 11. The Morgan fingerprint density at radius 3 is 1.71 bits per heavy atom. The molecule has 63 heavy (non-hydrogen) atoms. The van der Waals surface area contributed by atoms with Gasteiger partial charge in [0.1, 0.15) is 11.2 Å². The highest BCUT2D eigenvalue weighted by Gasteiger charge is 2.20. The van der Waals surface area contributed by atoms with Crippen molar-refractivity contribution in [1.82, 2.24) is 4.57 Å². The van der Waals surface area contributed by atoms with Crippen LogP contribution in [0.5, 0.6) is 0 Å². The zero-order valence-electron chi connectivity index (χ0n) is 34.2. The Morgan fingerprint density at radius 1 is 0.333 bits per heavy atom.